The van der Waals surface area contributed by atoms with Crippen LogP contribution in [0.1, 0.15) is 13.3 Å². The number of aliphatic imine (C=N–C) groups is 1. The lowest BCUT2D eigenvalue weighted by molar-refractivity contribution is 0.538. The fourth-order valence-electron chi connectivity index (χ4n) is 1.17. The van der Waals surface area contributed by atoms with Gasteiger partial charge in [-0.25, -0.2) is 4.79 Å². The van der Waals surface area contributed by atoms with Crippen LogP contribution in [0.3, 0.4) is 0 Å². The first-order chi connectivity index (χ1) is 5.29. The first-order valence-corrected chi connectivity index (χ1v) is 3.40. The van der Waals surface area contributed by atoms with Gasteiger partial charge in [0.05, 0.1) is 5.70 Å². The maximum atomic E-state index is 10.2. The van der Waals surface area contributed by atoms with Crippen LogP contribution in [0, 0.1) is 10.8 Å². The van der Waals surface area contributed by atoms with Crippen LogP contribution in [0.2, 0.25) is 0 Å². The average Bonchev–Trinajstić information content (AvgIpc) is 2.33. The Morgan fingerprint density at radius 3 is 3.00 bits per heavy atom. The van der Waals surface area contributed by atoms with Gasteiger partial charge in [-0.15, -0.1) is 0 Å². The Labute approximate surface area is 64.0 Å². The Morgan fingerprint density at radius 2 is 2.45 bits per heavy atom. The zero-order chi connectivity index (χ0) is 8.27. The molecule has 2 unspecified atom stereocenters. The smallest absolute Gasteiger partial charge is 0.211 e. The van der Waals surface area contributed by atoms with Gasteiger partial charge in [-0.2, -0.15) is 9.90 Å². The number of carbonyl (C=O) groups excluding carboxylic acids is 1. The van der Waals surface area contributed by atoms with E-state index in [-0.39, 0.29) is 5.92 Å². The highest BCUT2D eigenvalue weighted by Crippen LogP contribution is 2.27. The highest BCUT2D eigenvalue weighted by atomic mass is 16.3. The standard InChI is InChI=1S/C7H8N2O2/c1-5-2-3-6(8-4-10)7(5)9-11/h3,5,7H,2H2,1H3. The monoisotopic (exact) mass is 152 g/mol. The van der Waals surface area contributed by atoms with E-state index in [0.29, 0.717) is 5.70 Å². The average molecular weight is 152 g/mol. The van der Waals surface area contributed by atoms with Crippen LogP contribution < -0.4 is 0 Å². The zero-order valence-electron chi connectivity index (χ0n) is 6.15. The lowest BCUT2D eigenvalue weighted by Gasteiger charge is -2.05. The summed E-state index contributed by atoms with van der Waals surface area (Å²) in [5.74, 6) is 0.166. The normalized spacial score (nSPS) is 29.0. The van der Waals surface area contributed by atoms with Gasteiger partial charge in [-0.1, -0.05) is 18.2 Å². The quantitative estimate of drug-likeness (QED) is 0.341. The molecule has 0 saturated heterocycles. The molecule has 0 aromatic heterocycles. The second-order valence-corrected chi connectivity index (χ2v) is 2.60. The van der Waals surface area contributed by atoms with Crippen molar-refractivity contribution in [1.29, 1.82) is 0 Å². The summed E-state index contributed by atoms with van der Waals surface area (Å²) >= 11 is 0. The van der Waals surface area contributed by atoms with Crippen molar-refractivity contribution in [2.45, 2.75) is 19.4 Å². The fourth-order valence-corrected chi connectivity index (χ4v) is 1.17. The van der Waals surface area contributed by atoms with Crippen molar-refractivity contribution in [3.8, 4) is 0 Å². The van der Waals surface area contributed by atoms with Crippen LogP contribution in [0.25, 0.3) is 0 Å². The molecule has 0 spiro atoms. The Balaban J connectivity index is 2.80. The summed E-state index contributed by atoms with van der Waals surface area (Å²) in [5, 5.41) is 2.88. The molecule has 0 radical (unpaired) electrons. The maximum Gasteiger partial charge on any atom is 0.240 e. The molecule has 0 N–H and O–H groups in total. The van der Waals surface area contributed by atoms with E-state index >= 15 is 0 Å². The number of nitroso groups, excluding NO2 is 1. The third-order valence-corrected chi connectivity index (χ3v) is 1.83. The van der Waals surface area contributed by atoms with E-state index in [1.165, 1.54) is 6.08 Å². The predicted octanol–water partition coefficient (Wildman–Crippen LogP) is 1.38. The molecule has 58 valence electrons. The van der Waals surface area contributed by atoms with Gasteiger partial charge in [0.1, 0.15) is 6.04 Å². The second kappa shape index (κ2) is 3.21. The number of hydrogen-bond donors (Lipinski definition) is 0. The first-order valence-electron chi connectivity index (χ1n) is 3.40. The zero-order valence-corrected chi connectivity index (χ0v) is 6.15. The number of rotatable bonds is 2. The largest absolute Gasteiger partial charge is 0.240 e. The van der Waals surface area contributed by atoms with E-state index in [1.807, 2.05) is 6.92 Å². The SMILES string of the molecule is CC1CC=C(N=C=O)C1N=O. The van der Waals surface area contributed by atoms with Gasteiger partial charge in [0, 0.05) is 0 Å². The van der Waals surface area contributed by atoms with Gasteiger partial charge in [-0.05, 0) is 12.3 Å². The number of allylic oxidation sites excluding steroid dienone is 1. The van der Waals surface area contributed by atoms with Crippen LogP contribution in [0.4, 0.5) is 0 Å². The molecule has 1 aliphatic rings. The van der Waals surface area contributed by atoms with Crippen LogP contribution in [0.5, 0.6) is 0 Å². The van der Waals surface area contributed by atoms with E-state index in [9.17, 15) is 9.70 Å². The van der Waals surface area contributed by atoms with Crippen molar-refractivity contribution in [3.63, 3.8) is 0 Å². The number of nitrogens with zero attached hydrogens (tertiary/aromatic N) is 2. The van der Waals surface area contributed by atoms with Crippen molar-refractivity contribution in [2.75, 3.05) is 0 Å². The summed E-state index contributed by atoms with van der Waals surface area (Å²) in [6, 6.07) is -0.448. The van der Waals surface area contributed by atoms with E-state index < -0.39 is 6.04 Å². The molecular formula is C7H8N2O2. The van der Waals surface area contributed by atoms with E-state index in [1.54, 1.807) is 6.08 Å². The Hall–Kier alpha value is -1.28. The summed E-state index contributed by atoms with van der Waals surface area (Å²) < 4.78 is 0. The fraction of sp³-hybridized carbons (Fsp3) is 0.571. The summed E-state index contributed by atoms with van der Waals surface area (Å²) in [4.78, 5) is 23.5. The van der Waals surface area contributed by atoms with Crippen LogP contribution >= 0.6 is 0 Å². The molecule has 0 saturated carbocycles. The summed E-state index contributed by atoms with van der Waals surface area (Å²) in [5.41, 5.74) is 0.461. The molecule has 0 aromatic carbocycles. The van der Waals surface area contributed by atoms with E-state index in [0.717, 1.165) is 6.42 Å². The second-order valence-electron chi connectivity index (χ2n) is 2.60. The molecule has 0 amide bonds. The van der Waals surface area contributed by atoms with Crippen LogP contribution in [-0.2, 0) is 4.79 Å². The number of hydrogen-bond acceptors (Lipinski definition) is 4. The molecule has 2 atom stereocenters. The molecule has 1 rings (SSSR count). The Bertz CT molecular complexity index is 241. The summed E-state index contributed by atoms with van der Waals surface area (Å²) in [7, 11) is 0. The lowest BCUT2D eigenvalue weighted by atomic mass is 10.1. The van der Waals surface area contributed by atoms with Crippen molar-refractivity contribution < 1.29 is 4.79 Å². The third kappa shape index (κ3) is 1.41. The molecule has 1 aliphatic carbocycles. The molecule has 0 heterocycles. The molecule has 0 bridgehead atoms. The molecule has 0 aromatic rings. The van der Waals surface area contributed by atoms with E-state index in [4.69, 9.17) is 0 Å². The minimum absolute atomic E-state index is 0.166. The number of isocyanates is 1. The molecule has 11 heavy (non-hydrogen) atoms. The summed E-state index contributed by atoms with van der Waals surface area (Å²) in [6.45, 7) is 1.90. The minimum atomic E-state index is -0.448. The van der Waals surface area contributed by atoms with Gasteiger partial charge in [0.25, 0.3) is 0 Å². The van der Waals surface area contributed by atoms with Crippen molar-refractivity contribution in [2.24, 2.45) is 16.1 Å². The van der Waals surface area contributed by atoms with Crippen LogP contribution in [-0.4, -0.2) is 12.1 Å². The third-order valence-electron chi connectivity index (χ3n) is 1.83. The van der Waals surface area contributed by atoms with E-state index in [2.05, 4.69) is 10.2 Å². The Kier molecular flexibility index (Phi) is 2.28. The van der Waals surface area contributed by atoms with Gasteiger partial charge in [0.15, 0.2) is 0 Å². The maximum absolute atomic E-state index is 10.2. The predicted molar refractivity (Wildman–Crippen MR) is 39.6 cm³/mol. The van der Waals surface area contributed by atoms with Crippen LogP contribution in [0.15, 0.2) is 21.9 Å². The highest BCUT2D eigenvalue weighted by molar-refractivity contribution is 5.39. The molecule has 4 heteroatoms. The Morgan fingerprint density at radius 1 is 1.73 bits per heavy atom. The molecular weight excluding hydrogens is 144 g/mol. The van der Waals surface area contributed by atoms with Gasteiger partial charge in [0.2, 0.25) is 6.08 Å². The lowest BCUT2D eigenvalue weighted by Crippen LogP contribution is -2.10. The van der Waals surface area contributed by atoms with Crippen molar-refractivity contribution >= 4 is 6.08 Å². The van der Waals surface area contributed by atoms with Gasteiger partial charge < -0.3 is 0 Å². The molecule has 0 fully saturated rings. The van der Waals surface area contributed by atoms with Gasteiger partial charge in [-0.3, -0.25) is 0 Å². The van der Waals surface area contributed by atoms with Crippen molar-refractivity contribution in [3.05, 3.63) is 16.7 Å². The topological polar surface area (TPSA) is 58.9 Å². The van der Waals surface area contributed by atoms with Crippen molar-refractivity contribution in [1.82, 2.24) is 0 Å². The van der Waals surface area contributed by atoms with Gasteiger partial charge >= 0.3 is 0 Å². The minimum Gasteiger partial charge on any atom is -0.211 e. The highest BCUT2D eigenvalue weighted by Gasteiger charge is 2.27. The molecule has 0 aliphatic heterocycles. The first kappa shape index (κ1) is 7.82. The molecule has 4 nitrogen and oxygen atoms in total. The summed E-state index contributed by atoms with van der Waals surface area (Å²) in [6.07, 6.45) is 3.91.